The van der Waals surface area contributed by atoms with Crippen LogP contribution in [0.3, 0.4) is 0 Å². The van der Waals surface area contributed by atoms with Crippen molar-refractivity contribution < 1.29 is 14.3 Å². The lowest BCUT2D eigenvalue weighted by atomic mass is 10.0. The first-order chi connectivity index (χ1) is 12.0. The van der Waals surface area contributed by atoms with Gasteiger partial charge in [-0.2, -0.15) is 0 Å². The molecule has 0 amide bonds. The molecule has 130 valence electrons. The highest BCUT2D eigenvalue weighted by Gasteiger charge is 2.19. The summed E-state index contributed by atoms with van der Waals surface area (Å²) in [4.78, 5) is 24.4. The molecule has 1 aliphatic rings. The van der Waals surface area contributed by atoms with Crippen LogP contribution in [0.2, 0.25) is 0 Å². The van der Waals surface area contributed by atoms with E-state index >= 15 is 0 Å². The summed E-state index contributed by atoms with van der Waals surface area (Å²) in [6.45, 7) is 3.63. The van der Waals surface area contributed by atoms with Crippen LogP contribution in [-0.4, -0.2) is 29.9 Å². The Kier molecular flexibility index (Phi) is 5.86. The molecule has 3 rings (SSSR count). The zero-order chi connectivity index (χ0) is 17.8. The first kappa shape index (κ1) is 18.1. The molecule has 0 bridgehead atoms. The number of carbonyl (C=O) groups is 2. The minimum absolute atomic E-state index is 0.179. The van der Waals surface area contributed by atoms with Gasteiger partial charge in [-0.05, 0) is 37.1 Å². The van der Waals surface area contributed by atoms with E-state index in [1.54, 1.807) is 18.2 Å². The SMILES string of the molecule is Cc1ccc(C(=O)COC(=O)c2ccc(C3SCCS3)cc2)c(C)c1. The molecule has 0 saturated carbocycles. The third-order valence-electron chi connectivity index (χ3n) is 4.06. The first-order valence-corrected chi connectivity index (χ1v) is 10.2. The van der Waals surface area contributed by atoms with E-state index in [4.69, 9.17) is 4.74 Å². The molecule has 0 spiro atoms. The van der Waals surface area contributed by atoms with Crippen molar-refractivity contribution >= 4 is 35.3 Å². The Hall–Kier alpha value is -1.72. The van der Waals surface area contributed by atoms with Crippen LogP contribution in [0, 0.1) is 13.8 Å². The summed E-state index contributed by atoms with van der Waals surface area (Å²) in [7, 11) is 0. The predicted octanol–water partition coefficient (Wildman–Crippen LogP) is 4.82. The number of hydrogen-bond acceptors (Lipinski definition) is 5. The molecule has 1 fully saturated rings. The lowest BCUT2D eigenvalue weighted by Gasteiger charge is -2.10. The highest BCUT2D eigenvalue weighted by molar-refractivity contribution is 8.19. The van der Waals surface area contributed by atoms with E-state index < -0.39 is 5.97 Å². The first-order valence-electron chi connectivity index (χ1n) is 8.15. The number of carbonyl (C=O) groups excluding carboxylic acids is 2. The van der Waals surface area contributed by atoms with Gasteiger partial charge in [0, 0.05) is 17.1 Å². The Balaban J connectivity index is 1.59. The van der Waals surface area contributed by atoms with E-state index in [1.807, 2.05) is 61.6 Å². The van der Waals surface area contributed by atoms with Gasteiger partial charge in [0.15, 0.2) is 6.61 Å². The van der Waals surface area contributed by atoms with Gasteiger partial charge in [-0.1, -0.05) is 35.9 Å². The Labute approximate surface area is 156 Å². The Bertz CT molecular complexity index is 778. The largest absolute Gasteiger partial charge is 0.454 e. The van der Waals surface area contributed by atoms with Gasteiger partial charge in [-0.25, -0.2) is 4.79 Å². The Morgan fingerprint density at radius 1 is 1.04 bits per heavy atom. The van der Waals surface area contributed by atoms with Gasteiger partial charge < -0.3 is 4.74 Å². The van der Waals surface area contributed by atoms with E-state index in [-0.39, 0.29) is 12.4 Å². The molecule has 2 aromatic rings. The van der Waals surface area contributed by atoms with Crippen LogP contribution in [-0.2, 0) is 4.74 Å². The summed E-state index contributed by atoms with van der Waals surface area (Å²) in [6.07, 6.45) is 0. The lowest BCUT2D eigenvalue weighted by Crippen LogP contribution is -2.15. The van der Waals surface area contributed by atoms with E-state index in [2.05, 4.69) is 0 Å². The fourth-order valence-corrected chi connectivity index (χ4v) is 5.61. The minimum Gasteiger partial charge on any atom is -0.454 e. The van der Waals surface area contributed by atoms with Crippen molar-refractivity contribution in [2.45, 2.75) is 18.4 Å². The third-order valence-corrected chi connectivity index (χ3v) is 7.16. The summed E-state index contributed by atoms with van der Waals surface area (Å²) in [5.41, 5.74) is 4.30. The average molecular weight is 373 g/mol. The number of rotatable bonds is 5. The van der Waals surface area contributed by atoms with E-state index in [0.717, 1.165) is 11.1 Å². The number of ether oxygens (including phenoxy) is 1. The van der Waals surface area contributed by atoms with Gasteiger partial charge in [-0.3, -0.25) is 4.79 Å². The number of ketones is 1. The highest BCUT2D eigenvalue weighted by atomic mass is 32.2. The zero-order valence-corrected chi connectivity index (χ0v) is 15.9. The predicted molar refractivity (Wildman–Crippen MR) is 105 cm³/mol. The number of Topliss-reactive ketones (excluding diaryl/α,β-unsaturated/α-hetero) is 1. The normalized spacial score (nSPS) is 14.5. The average Bonchev–Trinajstić information content (AvgIpc) is 3.14. The topological polar surface area (TPSA) is 43.4 Å². The number of benzene rings is 2. The molecule has 0 unspecified atom stereocenters. The van der Waals surface area contributed by atoms with Crippen molar-refractivity contribution in [3.05, 3.63) is 70.3 Å². The van der Waals surface area contributed by atoms with Gasteiger partial charge in [-0.15, -0.1) is 23.5 Å². The maximum absolute atomic E-state index is 12.3. The van der Waals surface area contributed by atoms with Crippen molar-refractivity contribution in [2.24, 2.45) is 0 Å². The van der Waals surface area contributed by atoms with Crippen LogP contribution < -0.4 is 0 Å². The summed E-state index contributed by atoms with van der Waals surface area (Å²) in [5.74, 6) is 1.69. The second-order valence-electron chi connectivity index (χ2n) is 6.01. The number of hydrogen-bond donors (Lipinski definition) is 0. The number of aryl methyl sites for hydroxylation is 2. The molecular weight excluding hydrogens is 352 g/mol. The Morgan fingerprint density at radius 3 is 2.36 bits per heavy atom. The van der Waals surface area contributed by atoms with Gasteiger partial charge in [0.1, 0.15) is 0 Å². The van der Waals surface area contributed by atoms with Crippen LogP contribution in [0.4, 0.5) is 0 Å². The maximum Gasteiger partial charge on any atom is 0.338 e. The quantitative estimate of drug-likeness (QED) is 0.556. The van der Waals surface area contributed by atoms with Crippen LogP contribution in [0.5, 0.6) is 0 Å². The lowest BCUT2D eigenvalue weighted by molar-refractivity contribution is 0.0474. The molecule has 0 aliphatic carbocycles. The fraction of sp³-hybridized carbons (Fsp3) is 0.300. The van der Waals surface area contributed by atoms with Gasteiger partial charge >= 0.3 is 5.97 Å². The highest BCUT2D eigenvalue weighted by Crippen LogP contribution is 2.45. The Morgan fingerprint density at radius 2 is 1.72 bits per heavy atom. The third kappa shape index (κ3) is 4.47. The molecule has 1 saturated heterocycles. The van der Waals surface area contributed by atoms with Crippen LogP contribution in [0.25, 0.3) is 0 Å². The van der Waals surface area contributed by atoms with Gasteiger partial charge in [0.2, 0.25) is 5.78 Å². The summed E-state index contributed by atoms with van der Waals surface area (Å²) < 4.78 is 5.65. The van der Waals surface area contributed by atoms with Crippen molar-refractivity contribution in [3.8, 4) is 0 Å². The molecular formula is C20H20O3S2. The van der Waals surface area contributed by atoms with Crippen LogP contribution in [0.15, 0.2) is 42.5 Å². The molecule has 5 heteroatoms. The smallest absolute Gasteiger partial charge is 0.338 e. The van der Waals surface area contributed by atoms with Crippen molar-refractivity contribution in [1.82, 2.24) is 0 Å². The summed E-state index contributed by atoms with van der Waals surface area (Å²) >= 11 is 3.85. The number of esters is 1. The molecule has 25 heavy (non-hydrogen) atoms. The van der Waals surface area contributed by atoms with Crippen molar-refractivity contribution in [1.29, 1.82) is 0 Å². The van der Waals surface area contributed by atoms with Crippen molar-refractivity contribution in [2.75, 3.05) is 18.1 Å². The van der Waals surface area contributed by atoms with Crippen LogP contribution >= 0.6 is 23.5 Å². The van der Waals surface area contributed by atoms with E-state index in [0.29, 0.717) is 15.7 Å². The molecule has 3 nitrogen and oxygen atoms in total. The summed E-state index contributed by atoms with van der Waals surface area (Å²) in [6, 6.07) is 13.1. The molecule has 1 heterocycles. The second kappa shape index (κ2) is 8.11. The molecule has 0 radical (unpaired) electrons. The fourth-order valence-electron chi connectivity index (χ4n) is 2.75. The van der Waals surface area contributed by atoms with Crippen molar-refractivity contribution in [3.63, 3.8) is 0 Å². The standard InChI is InChI=1S/C20H20O3S2/c1-13-3-8-17(14(2)11-13)18(21)12-23-19(22)15-4-6-16(7-5-15)20-24-9-10-25-20/h3-8,11,20H,9-10,12H2,1-2H3. The van der Waals surface area contributed by atoms with Gasteiger partial charge in [0.25, 0.3) is 0 Å². The molecule has 2 aromatic carbocycles. The monoisotopic (exact) mass is 372 g/mol. The van der Waals surface area contributed by atoms with E-state index in [1.165, 1.54) is 17.1 Å². The maximum atomic E-state index is 12.3. The summed E-state index contributed by atoms with van der Waals surface area (Å²) in [5, 5.41) is 0. The van der Waals surface area contributed by atoms with Crippen LogP contribution in [0.1, 0.15) is 42.0 Å². The minimum atomic E-state index is -0.462. The number of thioether (sulfide) groups is 2. The van der Waals surface area contributed by atoms with E-state index in [9.17, 15) is 9.59 Å². The molecule has 0 N–H and O–H groups in total. The second-order valence-corrected chi connectivity index (χ2v) is 8.74. The molecule has 0 aromatic heterocycles. The van der Waals surface area contributed by atoms with Gasteiger partial charge in [0.05, 0.1) is 10.1 Å². The molecule has 0 atom stereocenters. The molecule has 1 aliphatic heterocycles. The zero-order valence-electron chi connectivity index (χ0n) is 14.3.